The number of fused-ring (bicyclic) bond motifs is 3. The molecule has 0 bridgehead atoms. The second-order valence-electron chi connectivity index (χ2n) is 8.46. The highest BCUT2D eigenvalue weighted by Gasteiger charge is 2.65. The molecule has 1 fully saturated rings. The van der Waals surface area contributed by atoms with E-state index in [0.29, 0.717) is 5.75 Å². The van der Waals surface area contributed by atoms with E-state index in [-0.39, 0.29) is 11.2 Å². The van der Waals surface area contributed by atoms with Gasteiger partial charge in [-0.15, -0.1) is 11.8 Å². The molecule has 1 saturated heterocycles. The SMILES string of the molecule is O=C1[C@H](Oc2ccccc2)[C@@]2(c3ccccc3)C[C@@H](c3ccccc3)Sc3ccccc3N12. The summed E-state index contributed by atoms with van der Waals surface area (Å²) >= 11 is 1.83. The number of hydrogen-bond donors (Lipinski definition) is 0. The second kappa shape index (κ2) is 8.13. The molecule has 33 heavy (non-hydrogen) atoms. The molecule has 2 heterocycles. The Hall–Kier alpha value is -3.50. The fourth-order valence-corrected chi connectivity index (χ4v) is 6.46. The third kappa shape index (κ3) is 3.25. The van der Waals surface area contributed by atoms with Gasteiger partial charge >= 0.3 is 0 Å². The maximum Gasteiger partial charge on any atom is 0.271 e. The van der Waals surface area contributed by atoms with Crippen LogP contribution in [0, 0.1) is 0 Å². The zero-order valence-electron chi connectivity index (χ0n) is 18.0. The summed E-state index contributed by atoms with van der Waals surface area (Å²) < 4.78 is 6.44. The van der Waals surface area contributed by atoms with Gasteiger partial charge in [-0.05, 0) is 41.8 Å². The molecule has 0 aliphatic carbocycles. The number of benzene rings is 4. The molecule has 0 spiro atoms. The summed E-state index contributed by atoms with van der Waals surface area (Å²) in [6.07, 6.45) is 0.157. The number of anilines is 1. The molecule has 0 radical (unpaired) electrons. The van der Waals surface area contributed by atoms with Gasteiger partial charge in [-0.3, -0.25) is 9.69 Å². The first-order valence-corrected chi connectivity index (χ1v) is 12.1. The summed E-state index contributed by atoms with van der Waals surface area (Å²) in [4.78, 5) is 16.8. The van der Waals surface area contributed by atoms with Crippen LogP contribution in [-0.2, 0) is 10.3 Å². The van der Waals surface area contributed by atoms with Crippen LogP contribution >= 0.6 is 11.8 Å². The average Bonchev–Trinajstić information content (AvgIpc) is 3.02. The summed E-state index contributed by atoms with van der Waals surface area (Å²) in [5.41, 5.74) is 2.72. The van der Waals surface area contributed by atoms with Gasteiger partial charge in [-0.25, -0.2) is 0 Å². The lowest BCUT2D eigenvalue weighted by Crippen LogP contribution is -2.74. The van der Waals surface area contributed by atoms with Gasteiger partial charge in [0.2, 0.25) is 6.10 Å². The van der Waals surface area contributed by atoms with Gasteiger partial charge in [0, 0.05) is 10.1 Å². The lowest BCUT2D eigenvalue weighted by molar-refractivity contribution is -0.142. The van der Waals surface area contributed by atoms with Crippen molar-refractivity contribution in [2.24, 2.45) is 0 Å². The van der Waals surface area contributed by atoms with E-state index < -0.39 is 11.6 Å². The number of rotatable bonds is 4. The second-order valence-corrected chi connectivity index (χ2v) is 9.71. The Bertz CT molecular complexity index is 1280. The van der Waals surface area contributed by atoms with E-state index in [2.05, 4.69) is 48.5 Å². The van der Waals surface area contributed by atoms with Crippen LogP contribution in [0.2, 0.25) is 0 Å². The van der Waals surface area contributed by atoms with Gasteiger partial charge in [0.25, 0.3) is 5.91 Å². The summed E-state index contributed by atoms with van der Waals surface area (Å²) in [6.45, 7) is 0. The molecule has 0 N–H and O–H groups in total. The first kappa shape index (κ1) is 20.1. The molecule has 0 saturated carbocycles. The van der Waals surface area contributed by atoms with E-state index in [1.165, 1.54) is 5.56 Å². The molecule has 162 valence electrons. The Morgan fingerprint density at radius 3 is 2.09 bits per heavy atom. The van der Waals surface area contributed by atoms with Gasteiger partial charge in [0.1, 0.15) is 11.3 Å². The number of nitrogens with zero attached hydrogens (tertiary/aromatic N) is 1. The first-order valence-electron chi connectivity index (χ1n) is 11.2. The number of thioether (sulfide) groups is 1. The number of carbonyl (C=O) groups is 1. The van der Waals surface area contributed by atoms with E-state index >= 15 is 0 Å². The fourth-order valence-electron chi connectivity index (χ4n) is 5.08. The Balaban J connectivity index is 1.55. The Labute approximate surface area is 198 Å². The maximum atomic E-state index is 13.7. The van der Waals surface area contributed by atoms with Crippen LogP contribution in [0.5, 0.6) is 5.75 Å². The van der Waals surface area contributed by atoms with Gasteiger partial charge in [-0.1, -0.05) is 91.0 Å². The normalized spacial score (nSPS) is 23.6. The van der Waals surface area contributed by atoms with Crippen molar-refractivity contribution in [3.05, 3.63) is 126 Å². The number of para-hydroxylation sites is 2. The van der Waals surface area contributed by atoms with Crippen LogP contribution in [-0.4, -0.2) is 12.0 Å². The molecule has 2 aliphatic heterocycles. The lowest BCUT2D eigenvalue weighted by Gasteiger charge is -2.57. The minimum Gasteiger partial charge on any atom is -0.478 e. The molecule has 6 rings (SSSR count). The van der Waals surface area contributed by atoms with E-state index in [9.17, 15) is 4.79 Å². The largest absolute Gasteiger partial charge is 0.478 e. The number of ether oxygens (including phenoxy) is 1. The van der Waals surface area contributed by atoms with Crippen molar-refractivity contribution in [1.82, 2.24) is 0 Å². The predicted octanol–water partition coefficient (Wildman–Crippen LogP) is 6.61. The molecule has 1 amide bonds. The number of amides is 1. The van der Waals surface area contributed by atoms with Crippen molar-refractivity contribution >= 4 is 23.4 Å². The van der Waals surface area contributed by atoms with Crippen LogP contribution in [0.15, 0.2) is 120 Å². The van der Waals surface area contributed by atoms with Gasteiger partial charge in [-0.2, -0.15) is 0 Å². The molecule has 4 heteroatoms. The molecule has 0 aromatic heterocycles. The minimum atomic E-state index is -0.603. The molecular weight excluding hydrogens is 426 g/mol. The van der Waals surface area contributed by atoms with Crippen LogP contribution in [0.1, 0.15) is 22.8 Å². The van der Waals surface area contributed by atoms with Crippen LogP contribution < -0.4 is 9.64 Å². The zero-order chi connectivity index (χ0) is 22.3. The average molecular weight is 450 g/mol. The quantitative estimate of drug-likeness (QED) is 0.328. The monoisotopic (exact) mass is 449 g/mol. The van der Waals surface area contributed by atoms with Crippen LogP contribution in [0.25, 0.3) is 0 Å². The summed E-state index contributed by atoms with van der Waals surface area (Å²) in [5.74, 6) is 0.719. The Morgan fingerprint density at radius 2 is 1.36 bits per heavy atom. The summed E-state index contributed by atoms with van der Waals surface area (Å²) in [7, 11) is 0. The standard InChI is InChI=1S/C29H23NO2S/c31-28-27(32-23-16-8-3-9-17-23)29(22-14-6-2-7-15-22)20-26(21-12-4-1-5-13-21)33-25-19-11-10-18-24(25)30(28)29/h1-19,26-27H,20H2/t26-,27-,29-/m0/s1. The van der Waals surface area contributed by atoms with E-state index in [4.69, 9.17) is 4.74 Å². The van der Waals surface area contributed by atoms with E-state index in [0.717, 1.165) is 22.6 Å². The van der Waals surface area contributed by atoms with Crippen molar-refractivity contribution in [2.75, 3.05) is 4.90 Å². The highest BCUT2D eigenvalue weighted by molar-refractivity contribution is 7.99. The van der Waals surface area contributed by atoms with Crippen molar-refractivity contribution in [3.8, 4) is 5.75 Å². The topological polar surface area (TPSA) is 29.5 Å². The van der Waals surface area contributed by atoms with E-state index in [1.807, 2.05) is 83.4 Å². The fraction of sp³-hybridized carbons (Fsp3) is 0.138. The van der Waals surface area contributed by atoms with Crippen LogP contribution in [0.3, 0.4) is 0 Å². The number of carbonyl (C=O) groups excluding carboxylic acids is 1. The molecule has 3 atom stereocenters. The molecule has 4 aromatic carbocycles. The smallest absolute Gasteiger partial charge is 0.271 e. The Morgan fingerprint density at radius 1 is 0.758 bits per heavy atom. The number of β-lactam (4-membered cyclic amide) rings is 1. The van der Waals surface area contributed by atoms with Crippen molar-refractivity contribution < 1.29 is 9.53 Å². The maximum absolute atomic E-state index is 13.7. The molecular formula is C29H23NO2S. The molecule has 0 unspecified atom stereocenters. The highest BCUT2D eigenvalue weighted by Crippen LogP contribution is 2.59. The third-order valence-corrected chi connectivity index (χ3v) is 7.91. The van der Waals surface area contributed by atoms with Crippen molar-refractivity contribution in [2.45, 2.75) is 28.2 Å². The highest BCUT2D eigenvalue weighted by atomic mass is 32.2. The lowest BCUT2D eigenvalue weighted by atomic mass is 9.70. The molecule has 2 aliphatic rings. The van der Waals surface area contributed by atoms with Gasteiger partial charge in [0.15, 0.2) is 0 Å². The van der Waals surface area contributed by atoms with Gasteiger partial charge < -0.3 is 4.74 Å². The Kier molecular flexibility index (Phi) is 4.96. The first-order chi connectivity index (χ1) is 16.3. The summed E-state index contributed by atoms with van der Waals surface area (Å²) in [6, 6.07) is 38.9. The minimum absolute atomic E-state index is 0.00414. The van der Waals surface area contributed by atoms with Gasteiger partial charge in [0.05, 0.1) is 5.69 Å². The summed E-state index contributed by atoms with van der Waals surface area (Å²) in [5, 5.41) is 0.174. The predicted molar refractivity (Wildman–Crippen MR) is 133 cm³/mol. The zero-order valence-corrected chi connectivity index (χ0v) is 18.8. The molecule has 3 nitrogen and oxygen atoms in total. The van der Waals surface area contributed by atoms with Crippen LogP contribution in [0.4, 0.5) is 5.69 Å². The van der Waals surface area contributed by atoms with Crippen molar-refractivity contribution in [3.63, 3.8) is 0 Å². The van der Waals surface area contributed by atoms with E-state index in [1.54, 1.807) is 0 Å². The third-order valence-electron chi connectivity index (χ3n) is 6.59. The molecule has 4 aromatic rings. The van der Waals surface area contributed by atoms with Crippen molar-refractivity contribution in [1.29, 1.82) is 0 Å². The number of hydrogen-bond acceptors (Lipinski definition) is 3.